The van der Waals surface area contributed by atoms with Gasteiger partial charge in [-0.25, -0.2) is 0 Å². The number of nitrogens with zero attached hydrogens (tertiary/aromatic N) is 6. The summed E-state index contributed by atoms with van der Waals surface area (Å²) in [6.07, 6.45) is 7.60. The molecule has 4 heterocycles. The van der Waals surface area contributed by atoms with Crippen molar-refractivity contribution in [1.29, 1.82) is 0 Å². The van der Waals surface area contributed by atoms with Gasteiger partial charge in [-0.15, -0.1) is 10.2 Å². The molecule has 0 unspecified atom stereocenters. The van der Waals surface area contributed by atoms with E-state index in [1.165, 1.54) is 24.8 Å². The minimum absolute atomic E-state index is 0.996. The molecule has 6 nitrogen and oxygen atoms in total. The number of piperidine rings is 1. The van der Waals surface area contributed by atoms with Gasteiger partial charge in [-0.2, -0.15) is 0 Å². The molecule has 2 fully saturated rings. The van der Waals surface area contributed by atoms with Gasteiger partial charge >= 0.3 is 0 Å². The van der Waals surface area contributed by atoms with Gasteiger partial charge in [0, 0.05) is 58.2 Å². The van der Waals surface area contributed by atoms with Crippen LogP contribution < -0.4 is 9.80 Å². The largest absolute Gasteiger partial charge is 0.355 e. The highest BCUT2D eigenvalue weighted by molar-refractivity contribution is 5.45. The molecule has 0 N–H and O–H groups in total. The fourth-order valence-corrected chi connectivity index (χ4v) is 3.66. The van der Waals surface area contributed by atoms with Gasteiger partial charge in [0.2, 0.25) is 0 Å². The Morgan fingerprint density at radius 1 is 0.680 bits per heavy atom. The van der Waals surface area contributed by atoms with Crippen LogP contribution >= 0.6 is 0 Å². The lowest BCUT2D eigenvalue weighted by molar-refractivity contribution is 0.249. The Morgan fingerprint density at radius 2 is 1.28 bits per heavy atom. The Balaban J connectivity index is 1.31. The van der Waals surface area contributed by atoms with Gasteiger partial charge in [-0.1, -0.05) is 0 Å². The first-order chi connectivity index (χ1) is 12.4. The van der Waals surface area contributed by atoms with Crippen molar-refractivity contribution in [3.8, 4) is 0 Å². The summed E-state index contributed by atoms with van der Waals surface area (Å²) in [5.74, 6) is 2.03. The topological polar surface area (TPSA) is 48.4 Å². The predicted molar refractivity (Wildman–Crippen MR) is 99.8 cm³/mol. The molecule has 2 aliphatic heterocycles. The van der Waals surface area contributed by atoms with Crippen LogP contribution in [0.3, 0.4) is 0 Å². The summed E-state index contributed by atoms with van der Waals surface area (Å²) in [5, 5.41) is 8.97. The summed E-state index contributed by atoms with van der Waals surface area (Å²) in [7, 11) is 0. The molecule has 2 aromatic heterocycles. The first kappa shape index (κ1) is 16.3. The molecular weight excluding hydrogens is 312 g/mol. The molecule has 0 aliphatic carbocycles. The number of anilines is 2. The Morgan fingerprint density at radius 3 is 1.88 bits per heavy atom. The van der Waals surface area contributed by atoms with Crippen molar-refractivity contribution in [3.05, 3.63) is 42.2 Å². The molecule has 0 bridgehead atoms. The van der Waals surface area contributed by atoms with Crippen molar-refractivity contribution < 1.29 is 0 Å². The SMILES string of the molecule is c1cc(CN2CCN(c3ccc(N4CCCCC4)nn3)CC2)ccn1. The highest BCUT2D eigenvalue weighted by atomic mass is 15.3. The van der Waals surface area contributed by atoms with Crippen molar-refractivity contribution in [1.82, 2.24) is 20.1 Å². The van der Waals surface area contributed by atoms with E-state index >= 15 is 0 Å². The molecule has 4 rings (SSSR count). The predicted octanol–water partition coefficient (Wildman–Crippen LogP) is 2.18. The average Bonchev–Trinajstić information content (AvgIpc) is 2.70. The van der Waals surface area contributed by atoms with E-state index < -0.39 is 0 Å². The van der Waals surface area contributed by atoms with Crippen molar-refractivity contribution in [2.75, 3.05) is 49.1 Å². The van der Waals surface area contributed by atoms with Gasteiger partial charge in [0.15, 0.2) is 11.6 Å². The standard InChI is InChI=1S/C19H26N6/c1-2-10-24(11-3-1)18-4-5-19(22-21-18)25-14-12-23(13-15-25)16-17-6-8-20-9-7-17/h4-9H,1-3,10-16H2. The van der Waals surface area contributed by atoms with E-state index in [9.17, 15) is 0 Å². The van der Waals surface area contributed by atoms with Crippen LogP contribution in [0.5, 0.6) is 0 Å². The minimum atomic E-state index is 0.996. The molecule has 6 heteroatoms. The first-order valence-electron chi connectivity index (χ1n) is 9.33. The summed E-state index contributed by atoms with van der Waals surface area (Å²) in [5.41, 5.74) is 1.33. The van der Waals surface area contributed by atoms with E-state index in [0.717, 1.165) is 57.4 Å². The molecule has 0 atom stereocenters. The Labute approximate surface area is 149 Å². The molecule has 0 amide bonds. The normalized spacial score (nSPS) is 19.2. The van der Waals surface area contributed by atoms with Gasteiger partial charge in [-0.3, -0.25) is 9.88 Å². The molecule has 0 spiro atoms. The van der Waals surface area contributed by atoms with Crippen molar-refractivity contribution >= 4 is 11.6 Å². The zero-order valence-corrected chi connectivity index (χ0v) is 14.7. The smallest absolute Gasteiger partial charge is 0.151 e. The van der Waals surface area contributed by atoms with Crippen molar-refractivity contribution in [2.24, 2.45) is 0 Å². The molecule has 132 valence electrons. The zero-order valence-electron chi connectivity index (χ0n) is 14.7. The van der Waals surface area contributed by atoms with Gasteiger partial charge in [0.25, 0.3) is 0 Å². The van der Waals surface area contributed by atoms with Crippen LogP contribution in [0, 0.1) is 0 Å². The number of piperazine rings is 1. The van der Waals surface area contributed by atoms with Crippen LogP contribution in [-0.2, 0) is 6.54 Å². The molecule has 2 saturated heterocycles. The monoisotopic (exact) mass is 338 g/mol. The van der Waals surface area contributed by atoms with Crippen LogP contribution in [-0.4, -0.2) is 59.3 Å². The Hall–Kier alpha value is -2.21. The number of hydrogen-bond acceptors (Lipinski definition) is 6. The Bertz CT molecular complexity index is 645. The van der Waals surface area contributed by atoms with Crippen LogP contribution in [0.4, 0.5) is 11.6 Å². The highest BCUT2D eigenvalue weighted by Gasteiger charge is 2.19. The van der Waals surface area contributed by atoms with Crippen LogP contribution in [0.15, 0.2) is 36.7 Å². The lowest BCUT2D eigenvalue weighted by Gasteiger charge is -2.35. The summed E-state index contributed by atoms with van der Waals surface area (Å²) in [4.78, 5) is 11.3. The van der Waals surface area contributed by atoms with E-state index in [4.69, 9.17) is 0 Å². The maximum Gasteiger partial charge on any atom is 0.151 e. The second-order valence-corrected chi connectivity index (χ2v) is 6.92. The number of rotatable bonds is 4. The third kappa shape index (κ3) is 4.07. The average molecular weight is 338 g/mol. The summed E-state index contributed by atoms with van der Waals surface area (Å²) in [6, 6.07) is 8.46. The van der Waals surface area contributed by atoms with E-state index in [2.05, 4.69) is 54.1 Å². The molecule has 0 saturated carbocycles. The summed E-state index contributed by atoms with van der Waals surface area (Å²) >= 11 is 0. The third-order valence-corrected chi connectivity index (χ3v) is 5.17. The molecular formula is C19H26N6. The fourth-order valence-electron chi connectivity index (χ4n) is 3.66. The summed E-state index contributed by atoms with van der Waals surface area (Å²) in [6.45, 7) is 7.33. The third-order valence-electron chi connectivity index (χ3n) is 5.17. The lowest BCUT2D eigenvalue weighted by Crippen LogP contribution is -2.46. The van der Waals surface area contributed by atoms with Gasteiger partial charge < -0.3 is 9.80 Å². The molecule has 2 aromatic rings. The van der Waals surface area contributed by atoms with Crippen LogP contribution in [0.25, 0.3) is 0 Å². The zero-order chi connectivity index (χ0) is 16.9. The number of aromatic nitrogens is 3. The molecule has 25 heavy (non-hydrogen) atoms. The van der Waals surface area contributed by atoms with Crippen LogP contribution in [0.2, 0.25) is 0 Å². The maximum absolute atomic E-state index is 4.49. The molecule has 0 aromatic carbocycles. The first-order valence-corrected chi connectivity index (χ1v) is 9.33. The van der Waals surface area contributed by atoms with E-state index in [-0.39, 0.29) is 0 Å². The van der Waals surface area contributed by atoms with E-state index in [0.29, 0.717) is 0 Å². The lowest BCUT2D eigenvalue weighted by atomic mass is 10.1. The number of hydrogen-bond donors (Lipinski definition) is 0. The summed E-state index contributed by atoms with van der Waals surface area (Å²) < 4.78 is 0. The Kier molecular flexibility index (Phi) is 5.06. The van der Waals surface area contributed by atoms with Gasteiger partial charge in [0.05, 0.1) is 0 Å². The minimum Gasteiger partial charge on any atom is -0.355 e. The van der Waals surface area contributed by atoms with E-state index in [1.807, 2.05) is 12.4 Å². The molecule has 2 aliphatic rings. The van der Waals surface area contributed by atoms with Crippen molar-refractivity contribution in [3.63, 3.8) is 0 Å². The second kappa shape index (κ2) is 7.78. The van der Waals surface area contributed by atoms with Crippen LogP contribution in [0.1, 0.15) is 24.8 Å². The van der Waals surface area contributed by atoms with Gasteiger partial charge in [-0.05, 0) is 49.1 Å². The number of pyridine rings is 1. The fraction of sp³-hybridized carbons (Fsp3) is 0.526. The quantitative estimate of drug-likeness (QED) is 0.852. The molecule has 0 radical (unpaired) electrons. The van der Waals surface area contributed by atoms with Gasteiger partial charge in [0.1, 0.15) is 0 Å². The highest BCUT2D eigenvalue weighted by Crippen LogP contribution is 2.20. The van der Waals surface area contributed by atoms with E-state index in [1.54, 1.807) is 0 Å². The van der Waals surface area contributed by atoms with Crippen molar-refractivity contribution in [2.45, 2.75) is 25.8 Å². The second-order valence-electron chi connectivity index (χ2n) is 6.92. The maximum atomic E-state index is 4.49.